The minimum absolute atomic E-state index is 0.103. The summed E-state index contributed by atoms with van der Waals surface area (Å²) in [5.74, 6) is -2.96. The first-order valence-electron chi connectivity index (χ1n) is 8.95. The van der Waals surface area contributed by atoms with Crippen molar-refractivity contribution < 1.29 is 26.9 Å². The Morgan fingerprint density at radius 2 is 1.62 bits per heavy atom. The minimum atomic E-state index is -4.14. The van der Waals surface area contributed by atoms with Crippen LogP contribution in [0.15, 0.2) is 77.7 Å². The van der Waals surface area contributed by atoms with Gasteiger partial charge >= 0.3 is 0 Å². The largest absolute Gasteiger partial charge is 0.323 e. The Morgan fingerprint density at radius 1 is 0.938 bits per heavy atom. The van der Waals surface area contributed by atoms with Crippen molar-refractivity contribution >= 4 is 39.1 Å². The number of nitrogens with zero attached hydrogens (tertiary/aromatic N) is 1. The lowest BCUT2D eigenvalue weighted by Gasteiger charge is -2.09. The van der Waals surface area contributed by atoms with E-state index in [1.54, 1.807) is 6.07 Å². The lowest BCUT2D eigenvalue weighted by atomic mass is 10.2. The van der Waals surface area contributed by atoms with Gasteiger partial charge in [0, 0.05) is 29.6 Å². The minimum Gasteiger partial charge on any atom is -0.323 e. The number of carbonyl (C=O) groups is 1. The van der Waals surface area contributed by atoms with Gasteiger partial charge in [-0.25, -0.2) is 17.2 Å². The molecule has 0 aliphatic heterocycles. The van der Waals surface area contributed by atoms with Crippen LogP contribution in [0, 0.1) is 21.7 Å². The third kappa shape index (κ3) is 5.73. The highest BCUT2D eigenvalue weighted by atomic mass is 32.2. The highest BCUT2D eigenvalue weighted by Crippen LogP contribution is 2.20. The van der Waals surface area contributed by atoms with Crippen LogP contribution in [0.4, 0.5) is 25.8 Å². The van der Waals surface area contributed by atoms with Crippen molar-refractivity contribution in [3.05, 3.63) is 100 Å². The number of non-ortho nitro benzene ring substituents is 1. The van der Waals surface area contributed by atoms with Gasteiger partial charge in [0.25, 0.3) is 15.7 Å². The Balaban J connectivity index is 1.64. The van der Waals surface area contributed by atoms with Crippen molar-refractivity contribution in [3.8, 4) is 0 Å². The van der Waals surface area contributed by atoms with Gasteiger partial charge in [0.05, 0.1) is 9.82 Å². The molecule has 3 aromatic rings. The molecule has 0 saturated carbocycles. The van der Waals surface area contributed by atoms with Crippen LogP contribution < -0.4 is 10.0 Å². The van der Waals surface area contributed by atoms with Crippen molar-refractivity contribution in [2.75, 3.05) is 10.0 Å². The molecule has 0 aromatic heterocycles. The monoisotopic (exact) mass is 459 g/mol. The van der Waals surface area contributed by atoms with E-state index in [-0.39, 0.29) is 11.4 Å². The van der Waals surface area contributed by atoms with Crippen LogP contribution >= 0.6 is 0 Å². The molecule has 32 heavy (non-hydrogen) atoms. The summed E-state index contributed by atoms with van der Waals surface area (Å²) < 4.78 is 53.1. The molecule has 1 amide bonds. The Kier molecular flexibility index (Phi) is 6.59. The average molecular weight is 459 g/mol. The highest BCUT2D eigenvalue weighted by Gasteiger charge is 2.16. The molecule has 164 valence electrons. The van der Waals surface area contributed by atoms with Gasteiger partial charge in [-0.05, 0) is 54.1 Å². The Morgan fingerprint density at radius 3 is 2.28 bits per heavy atom. The molecule has 0 spiro atoms. The topological polar surface area (TPSA) is 118 Å². The second-order valence-corrected chi connectivity index (χ2v) is 8.12. The highest BCUT2D eigenvalue weighted by molar-refractivity contribution is 7.92. The molecule has 0 atom stereocenters. The fourth-order valence-electron chi connectivity index (χ4n) is 2.58. The molecular weight excluding hydrogens is 444 g/mol. The molecular formula is C21H15F2N3O5S. The number of nitro groups is 1. The number of sulfonamides is 1. The second-order valence-electron chi connectivity index (χ2n) is 6.43. The van der Waals surface area contributed by atoms with E-state index in [2.05, 4.69) is 10.0 Å². The van der Waals surface area contributed by atoms with Crippen LogP contribution in [0.25, 0.3) is 6.08 Å². The fourth-order valence-corrected chi connectivity index (χ4v) is 3.65. The number of nitrogens with one attached hydrogen (secondary N) is 2. The van der Waals surface area contributed by atoms with E-state index in [1.165, 1.54) is 54.6 Å². The van der Waals surface area contributed by atoms with Gasteiger partial charge in [0.2, 0.25) is 5.91 Å². The number of hydrogen-bond donors (Lipinski definition) is 2. The summed E-state index contributed by atoms with van der Waals surface area (Å²) in [6.45, 7) is 0. The molecule has 11 heteroatoms. The predicted octanol–water partition coefficient (Wildman–Crippen LogP) is 4.33. The van der Waals surface area contributed by atoms with Crippen LogP contribution in [0.1, 0.15) is 5.56 Å². The zero-order chi connectivity index (χ0) is 23.3. The summed E-state index contributed by atoms with van der Waals surface area (Å²) in [7, 11) is -4.14. The molecule has 2 N–H and O–H groups in total. The molecule has 0 aliphatic carbocycles. The Hall–Kier alpha value is -4.12. The van der Waals surface area contributed by atoms with E-state index >= 15 is 0 Å². The first-order chi connectivity index (χ1) is 15.1. The number of anilines is 2. The standard InChI is InChI=1S/C21H15F2N3O5S/c22-19-10-9-18(13-20(19)23)32(30,31)25-16-7-5-15(6-8-16)24-21(27)11-4-14-2-1-3-17(12-14)26(28)29/h1-13,25H,(H,24,27)/b11-4+. The van der Waals surface area contributed by atoms with Crippen molar-refractivity contribution in [3.63, 3.8) is 0 Å². The van der Waals surface area contributed by atoms with Crippen molar-refractivity contribution in [2.24, 2.45) is 0 Å². The van der Waals surface area contributed by atoms with E-state index in [9.17, 15) is 32.1 Å². The van der Waals surface area contributed by atoms with E-state index < -0.39 is 37.4 Å². The number of halogens is 2. The molecule has 0 fully saturated rings. The summed E-state index contributed by atoms with van der Waals surface area (Å²) in [4.78, 5) is 21.9. The first-order valence-corrected chi connectivity index (χ1v) is 10.4. The SMILES string of the molecule is O=C(/C=C/c1cccc([N+](=O)[O-])c1)Nc1ccc(NS(=O)(=O)c2ccc(F)c(F)c2)cc1. The van der Waals surface area contributed by atoms with Crippen molar-refractivity contribution in [2.45, 2.75) is 4.90 Å². The van der Waals surface area contributed by atoms with Crippen LogP contribution in [-0.2, 0) is 14.8 Å². The molecule has 0 unspecified atom stereocenters. The van der Waals surface area contributed by atoms with Gasteiger partial charge in [0.1, 0.15) is 0 Å². The van der Waals surface area contributed by atoms with E-state index in [0.717, 1.165) is 6.07 Å². The summed E-state index contributed by atoms with van der Waals surface area (Å²) in [5, 5.41) is 13.3. The maximum absolute atomic E-state index is 13.3. The molecule has 0 aliphatic rings. The predicted molar refractivity (Wildman–Crippen MR) is 114 cm³/mol. The molecule has 0 saturated heterocycles. The van der Waals surface area contributed by atoms with Crippen LogP contribution in [0.3, 0.4) is 0 Å². The van der Waals surface area contributed by atoms with Crippen LogP contribution in [-0.4, -0.2) is 19.2 Å². The number of amides is 1. The zero-order valence-corrected chi connectivity index (χ0v) is 17.0. The lowest BCUT2D eigenvalue weighted by Crippen LogP contribution is -2.13. The van der Waals surface area contributed by atoms with Crippen LogP contribution in [0.5, 0.6) is 0 Å². The molecule has 0 bridgehead atoms. The molecule has 3 rings (SSSR count). The smallest absolute Gasteiger partial charge is 0.270 e. The van der Waals surface area contributed by atoms with Crippen molar-refractivity contribution in [1.82, 2.24) is 0 Å². The Labute approximate surface area is 181 Å². The van der Waals surface area contributed by atoms with E-state index in [0.29, 0.717) is 23.4 Å². The molecule has 0 radical (unpaired) electrons. The third-order valence-electron chi connectivity index (χ3n) is 4.11. The van der Waals surface area contributed by atoms with Crippen LogP contribution in [0.2, 0.25) is 0 Å². The van der Waals surface area contributed by atoms with Gasteiger partial charge in [-0.15, -0.1) is 0 Å². The van der Waals surface area contributed by atoms with Gasteiger partial charge in [-0.2, -0.15) is 0 Å². The maximum Gasteiger partial charge on any atom is 0.270 e. The fraction of sp³-hybridized carbons (Fsp3) is 0. The lowest BCUT2D eigenvalue weighted by molar-refractivity contribution is -0.384. The second kappa shape index (κ2) is 9.35. The average Bonchev–Trinajstić information content (AvgIpc) is 2.75. The number of benzene rings is 3. The Bertz CT molecular complexity index is 1310. The maximum atomic E-state index is 13.3. The molecule has 0 heterocycles. The molecule has 8 nitrogen and oxygen atoms in total. The zero-order valence-electron chi connectivity index (χ0n) is 16.2. The van der Waals surface area contributed by atoms with Gasteiger partial charge < -0.3 is 5.32 Å². The number of nitro benzene ring substituents is 1. The normalized spacial score (nSPS) is 11.3. The first kappa shape index (κ1) is 22.6. The van der Waals surface area contributed by atoms with E-state index in [1.807, 2.05) is 0 Å². The number of carbonyl (C=O) groups excluding carboxylic acids is 1. The summed E-state index contributed by atoms with van der Waals surface area (Å²) in [6.07, 6.45) is 2.60. The summed E-state index contributed by atoms with van der Waals surface area (Å²) >= 11 is 0. The van der Waals surface area contributed by atoms with Gasteiger partial charge in [-0.3, -0.25) is 19.6 Å². The molecule has 3 aromatic carbocycles. The summed E-state index contributed by atoms with van der Waals surface area (Å²) in [5.41, 5.74) is 0.861. The number of hydrogen-bond acceptors (Lipinski definition) is 5. The van der Waals surface area contributed by atoms with Gasteiger partial charge in [0.15, 0.2) is 11.6 Å². The number of rotatable bonds is 7. The van der Waals surface area contributed by atoms with E-state index in [4.69, 9.17) is 0 Å². The third-order valence-corrected chi connectivity index (χ3v) is 5.49. The van der Waals surface area contributed by atoms with Crippen molar-refractivity contribution in [1.29, 1.82) is 0 Å². The summed E-state index contributed by atoms with van der Waals surface area (Å²) in [6, 6.07) is 13.6. The quantitative estimate of drug-likeness (QED) is 0.310. The van der Waals surface area contributed by atoms with Gasteiger partial charge in [-0.1, -0.05) is 12.1 Å².